The average molecular weight is 479 g/mol. The molecule has 8 nitrogen and oxygen atoms in total. The molecule has 4 rings (SSSR count). The highest BCUT2D eigenvalue weighted by Crippen LogP contribution is 2.55. The summed E-state index contributed by atoms with van der Waals surface area (Å²) in [5.74, 6) is -1.26. The SMILES string of the molecule is CC[C@H](O)[C@@H]1C(=O)N2C(C(=O)O)=C(S[C@H]3CCN(CC(=O)c4ccc(OC)cc4)C3)S[C@H]12. The predicted molar refractivity (Wildman–Crippen MR) is 122 cm³/mol. The van der Waals surface area contributed by atoms with E-state index in [4.69, 9.17) is 4.74 Å². The Morgan fingerprint density at radius 3 is 2.66 bits per heavy atom. The van der Waals surface area contributed by atoms with E-state index in [1.165, 1.54) is 28.4 Å². The van der Waals surface area contributed by atoms with Crippen molar-refractivity contribution in [2.75, 3.05) is 26.7 Å². The fourth-order valence-corrected chi connectivity index (χ4v) is 7.57. The highest BCUT2D eigenvalue weighted by atomic mass is 32.2. The van der Waals surface area contributed by atoms with Gasteiger partial charge in [0.05, 0.1) is 29.9 Å². The Hall–Kier alpha value is -2.01. The second kappa shape index (κ2) is 9.46. The van der Waals surface area contributed by atoms with Crippen LogP contribution >= 0.6 is 23.5 Å². The number of carbonyl (C=O) groups excluding carboxylic acids is 2. The smallest absolute Gasteiger partial charge is 0.354 e. The molecule has 3 heterocycles. The van der Waals surface area contributed by atoms with Crippen LogP contribution in [0.4, 0.5) is 0 Å². The lowest BCUT2D eigenvalue weighted by atomic mass is 9.90. The minimum absolute atomic E-state index is 0.0299. The van der Waals surface area contributed by atoms with Crippen LogP contribution in [0, 0.1) is 5.92 Å². The minimum atomic E-state index is -1.12. The molecule has 0 saturated carbocycles. The quantitative estimate of drug-likeness (QED) is 0.408. The van der Waals surface area contributed by atoms with Gasteiger partial charge in [-0.15, -0.1) is 11.8 Å². The van der Waals surface area contributed by atoms with Crippen molar-refractivity contribution < 1.29 is 29.3 Å². The number of nitrogens with zero attached hydrogens (tertiary/aromatic N) is 2. The van der Waals surface area contributed by atoms with Crippen molar-refractivity contribution in [1.29, 1.82) is 0 Å². The molecule has 172 valence electrons. The molecule has 1 aromatic carbocycles. The summed E-state index contributed by atoms with van der Waals surface area (Å²) in [7, 11) is 1.58. The number of carboxylic acids is 1. The Kier molecular flexibility index (Phi) is 6.85. The number of likely N-dealkylation sites (tertiary alicyclic amines) is 1. The van der Waals surface area contributed by atoms with Crippen LogP contribution in [-0.2, 0) is 9.59 Å². The zero-order valence-electron chi connectivity index (χ0n) is 17.9. The Bertz CT molecular complexity index is 950. The number of thioether (sulfide) groups is 2. The first-order valence-electron chi connectivity index (χ1n) is 10.6. The molecule has 0 aromatic heterocycles. The van der Waals surface area contributed by atoms with E-state index in [0.29, 0.717) is 35.1 Å². The number of rotatable bonds is 9. The van der Waals surface area contributed by atoms with Crippen LogP contribution in [0.3, 0.4) is 0 Å². The second-order valence-corrected chi connectivity index (χ2v) is 10.8. The first kappa shape index (κ1) is 23.2. The van der Waals surface area contributed by atoms with Gasteiger partial charge in [0.2, 0.25) is 5.91 Å². The van der Waals surface area contributed by atoms with Crippen molar-refractivity contribution in [2.45, 2.75) is 36.5 Å². The number of fused-ring (bicyclic) bond motifs is 1. The number of Topliss-reactive ketones (excluding diaryl/α,β-unsaturated/α-hetero) is 1. The maximum atomic E-state index is 12.6. The normalized spacial score (nSPS) is 26.2. The number of ketones is 1. The molecule has 32 heavy (non-hydrogen) atoms. The van der Waals surface area contributed by atoms with Gasteiger partial charge in [-0.3, -0.25) is 19.4 Å². The van der Waals surface area contributed by atoms with Gasteiger partial charge in [-0.25, -0.2) is 4.79 Å². The predicted octanol–water partition coefficient (Wildman–Crippen LogP) is 2.24. The Balaban J connectivity index is 1.37. The summed E-state index contributed by atoms with van der Waals surface area (Å²) in [4.78, 5) is 40.4. The Morgan fingerprint density at radius 1 is 1.31 bits per heavy atom. The standard InChI is InChI=1S/C22H26N2O6S2/c1-3-15(25)17-19(27)24-18(21(28)29)22(32-20(17)24)31-14-8-9-23(10-14)11-16(26)12-4-6-13(30-2)7-5-12/h4-7,14-15,17,20,25H,3,8-11H2,1-2H3,(H,28,29)/t14-,15-,17+,20+/m0/s1. The van der Waals surface area contributed by atoms with Gasteiger partial charge in [0.25, 0.3) is 0 Å². The minimum Gasteiger partial charge on any atom is -0.497 e. The number of methoxy groups -OCH3 is 1. The lowest BCUT2D eigenvalue weighted by Crippen LogP contribution is -2.61. The number of carbonyl (C=O) groups is 3. The maximum absolute atomic E-state index is 12.6. The molecule has 3 aliphatic rings. The first-order chi connectivity index (χ1) is 15.3. The molecular formula is C22H26N2O6S2. The van der Waals surface area contributed by atoms with E-state index in [9.17, 15) is 24.6 Å². The van der Waals surface area contributed by atoms with Crippen LogP contribution in [0.5, 0.6) is 5.75 Å². The number of aliphatic hydroxyl groups excluding tert-OH is 1. The summed E-state index contributed by atoms with van der Waals surface area (Å²) < 4.78 is 5.75. The summed E-state index contributed by atoms with van der Waals surface area (Å²) in [5.41, 5.74) is 0.662. The lowest BCUT2D eigenvalue weighted by Gasteiger charge is -2.44. The largest absolute Gasteiger partial charge is 0.497 e. The molecule has 2 N–H and O–H groups in total. The number of hydrogen-bond acceptors (Lipinski definition) is 8. The van der Waals surface area contributed by atoms with Crippen LogP contribution in [0.25, 0.3) is 0 Å². The van der Waals surface area contributed by atoms with E-state index < -0.39 is 18.0 Å². The molecule has 1 amide bonds. The number of benzene rings is 1. The van der Waals surface area contributed by atoms with Gasteiger partial charge < -0.3 is 14.9 Å². The zero-order chi connectivity index (χ0) is 23.0. The zero-order valence-corrected chi connectivity index (χ0v) is 19.5. The molecule has 3 aliphatic heterocycles. The number of carboxylic acid groups (broad SMARTS) is 1. The molecule has 0 unspecified atom stereocenters. The molecule has 0 spiro atoms. The van der Waals surface area contributed by atoms with E-state index in [2.05, 4.69) is 4.90 Å². The summed E-state index contributed by atoms with van der Waals surface area (Å²) in [5, 5.41) is 19.7. The fraction of sp³-hybridized carbons (Fsp3) is 0.500. The Labute approximate surface area is 195 Å². The van der Waals surface area contributed by atoms with Gasteiger partial charge in [-0.1, -0.05) is 18.7 Å². The summed E-state index contributed by atoms with van der Waals surface area (Å²) in [6.07, 6.45) is 0.518. The highest BCUT2D eigenvalue weighted by molar-refractivity contribution is 8.23. The van der Waals surface area contributed by atoms with E-state index in [1.807, 2.05) is 6.92 Å². The van der Waals surface area contributed by atoms with Gasteiger partial charge in [0.15, 0.2) is 11.5 Å². The fourth-order valence-electron chi connectivity index (χ4n) is 4.26. The van der Waals surface area contributed by atoms with Gasteiger partial charge in [0, 0.05) is 17.4 Å². The van der Waals surface area contributed by atoms with E-state index >= 15 is 0 Å². The molecule has 1 aromatic rings. The molecule has 0 radical (unpaired) electrons. The van der Waals surface area contributed by atoms with Crippen molar-refractivity contribution >= 4 is 41.2 Å². The third-order valence-corrected chi connectivity index (χ3v) is 8.92. The second-order valence-electron chi connectivity index (χ2n) is 8.07. The highest BCUT2D eigenvalue weighted by Gasteiger charge is 2.58. The number of aliphatic carboxylic acids is 1. The summed E-state index contributed by atoms with van der Waals surface area (Å²) in [6, 6.07) is 7.04. The van der Waals surface area contributed by atoms with Gasteiger partial charge >= 0.3 is 5.97 Å². The molecule has 2 saturated heterocycles. The molecule has 10 heteroatoms. The van der Waals surface area contributed by atoms with Gasteiger partial charge in [-0.2, -0.15) is 0 Å². The topological polar surface area (TPSA) is 107 Å². The van der Waals surface area contributed by atoms with Crippen LogP contribution < -0.4 is 4.74 Å². The van der Waals surface area contributed by atoms with Gasteiger partial charge in [-0.05, 0) is 43.7 Å². The van der Waals surface area contributed by atoms with Gasteiger partial charge in [0.1, 0.15) is 11.1 Å². The molecular weight excluding hydrogens is 452 g/mol. The molecule has 0 bridgehead atoms. The van der Waals surface area contributed by atoms with Crippen molar-refractivity contribution in [1.82, 2.24) is 9.80 Å². The number of amides is 1. The van der Waals surface area contributed by atoms with Crippen LogP contribution in [-0.4, -0.2) is 81.1 Å². The first-order valence-corrected chi connectivity index (χ1v) is 12.3. The van der Waals surface area contributed by atoms with Crippen molar-refractivity contribution in [2.24, 2.45) is 5.92 Å². The summed E-state index contributed by atoms with van der Waals surface area (Å²) >= 11 is 2.83. The monoisotopic (exact) mass is 478 g/mol. The molecule has 0 aliphatic carbocycles. The third-order valence-electron chi connectivity index (χ3n) is 6.06. The van der Waals surface area contributed by atoms with Crippen LogP contribution in [0.2, 0.25) is 0 Å². The maximum Gasteiger partial charge on any atom is 0.354 e. The number of hydrogen-bond donors (Lipinski definition) is 2. The Morgan fingerprint density at radius 2 is 2.03 bits per heavy atom. The number of β-lactam (4-membered cyclic amide) rings is 1. The summed E-state index contributed by atoms with van der Waals surface area (Å²) in [6.45, 7) is 3.54. The molecule has 4 atom stereocenters. The van der Waals surface area contributed by atoms with Crippen molar-refractivity contribution in [3.05, 3.63) is 39.8 Å². The molecule has 2 fully saturated rings. The number of ether oxygens (including phenoxy) is 1. The lowest BCUT2D eigenvalue weighted by molar-refractivity contribution is -0.157. The van der Waals surface area contributed by atoms with Crippen molar-refractivity contribution in [3.63, 3.8) is 0 Å². The third kappa shape index (κ3) is 4.28. The van der Waals surface area contributed by atoms with Crippen molar-refractivity contribution in [3.8, 4) is 5.75 Å². The van der Waals surface area contributed by atoms with E-state index in [-0.39, 0.29) is 28.0 Å². The average Bonchev–Trinajstić information content (AvgIpc) is 3.36. The number of aliphatic hydroxyl groups is 1. The van der Waals surface area contributed by atoms with Crippen LogP contribution in [0.1, 0.15) is 30.1 Å². The van der Waals surface area contributed by atoms with Crippen LogP contribution in [0.15, 0.2) is 34.2 Å². The van der Waals surface area contributed by atoms with E-state index in [0.717, 1.165) is 13.0 Å². The van der Waals surface area contributed by atoms with E-state index in [1.54, 1.807) is 31.4 Å².